The van der Waals surface area contributed by atoms with Crippen LogP contribution in [0.2, 0.25) is 0 Å². The zero-order chi connectivity index (χ0) is 23.3. The second-order valence-electron chi connectivity index (χ2n) is 8.52. The number of carbonyl (C=O) groups excluding carboxylic acids is 1. The molecular weight excluding hydrogens is 422 g/mol. The van der Waals surface area contributed by atoms with Crippen molar-refractivity contribution in [1.82, 2.24) is 5.32 Å². The number of fused-ring (bicyclic) bond motifs is 3. The van der Waals surface area contributed by atoms with Gasteiger partial charge >= 0.3 is 6.09 Å². The van der Waals surface area contributed by atoms with Gasteiger partial charge in [0.2, 0.25) is 0 Å². The number of aliphatic hydroxyl groups is 1. The Labute approximate surface area is 199 Å². The van der Waals surface area contributed by atoms with Crippen LogP contribution < -0.4 is 5.32 Å². The maximum absolute atomic E-state index is 12.8. The highest BCUT2D eigenvalue weighted by atomic mass is 16.5. The number of alkyl carbamates (subject to hydrolysis) is 1. The summed E-state index contributed by atoms with van der Waals surface area (Å²) >= 11 is 0. The smallest absolute Gasteiger partial charge is 0.407 e. The Hall–Kier alpha value is -3.89. The summed E-state index contributed by atoms with van der Waals surface area (Å²) in [6.07, 6.45) is -0.0676. The van der Waals surface area contributed by atoms with Gasteiger partial charge in [0.15, 0.2) is 0 Å². The van der Waals surface area contributed by atoms with Crippen molar-refractivity contribution in [3.63, 3.8) is 0 Å². The normalized spacial score (nSPS) is 13.1. The molecule has 170 valence electrons. The van der Waals surface area contributed by atoms with E-state index in [2.05, 4.69) is 41.7 Å². The van der Waals surface area contributed by atoms with E-state index < -0.39 is 6.09 Å². The Balaban J connectivity index is 1.27. The van der Waals surface area contributed by atoms with Crippen LogP contribution in [0.15, 0.2) is 103 Å². The van der Waals surface area contributed by atoms with Gasteiger partial charge in [-0.1, -0.05) is 103 Å². The molecule has 34 heavy (non-hydrogen) atoms. The number of hydrogen-bond donors (Lipinski definition) is 2. The zero-order valence-electron chi connectivity index (χ0n) is 18.9. The molecule has 0 saturated carbocycles. The van der Waals surface area contributed by atoms with Crippen LogP contribution in [-0.4, -0.2) is 24.4 Å². The Bertz CT molecular complexity index is 1220. The van der Waals surface area contributed by atoms with Crippen LogP contribution in [0.3, 0.4) is 0 Å². The third kappa shape index (κ3) is 4.45. The summed E-state index contributed by atoms with van der Waals surface area (Å²) < 4.78 is 5.70. The van der Waals surface area contributed by atoms with Gasteiger partial charge in [-0.3, -0.25) is 0 Å². The molecule has 4 heteroatoms. The van der Waals surface area contributed by atoms with Gasteiger partial charge in [-0.2, -0.15) is 0 Å². The Morgan fingerprint density at radius 3 is 1.94 bits per heavy atom. The van der Waals surface area contributed by atoms with Crippen molar-refractivity contribution in [1.29, 1.82) is 0 Å². The van der Waals surface area contributed by atoms with Crippen molar-refractivity contribution in [2.45, 2.75) is 18.4 Å². The molecule has 0 saturated heterocycles. The van der Waals surface area contributed by atoms with E-state index in [1.807, 2.05) is 66.7 Å². The molecule has 0 heterocycles. The monoisotopic (exact) mass is 449 g/mol. The second kappa shape index (κ2) is 9.94. The lowest BCUT2D eigenvalue weighted by atomic mass is 9.98. The van der Waals surface area contributed by atoms with Gasteiger partial charge in [0.1, 0.15) is 6.61 Å². The molecule has 0 fully saturated rings. The van der Waals surface area contributed by atoms with Crippen molar-refractivity contribution >= 4 is 6.09 Å². The molecule has 4 nitrogen and oxygen atoms in total. The summed E-state index contributed by atoms with van der Waals surface area (Å²) in [5, 5.41) is 12.5. The molecule has 1 atom stereocenters. The van der Waals surface area contributed by atoms with Gasteiger partial charge in [-0.15, -0.1) is 0 Å². The number of ether oxygens (including phenoxy) is 1. The van der Waals surface area contributed by atoms with Crippen molar-refractivity contribution in [2.24, 2.45) is 0 Å². The largest absolute Gasteiger partial charge is 0.449 e. The van der Waals surface area contributed by atoms with E-state index >= 15 is 0 Å². The molecule has 0 radical (unpaired) electrons. The van der Waals surface area contributed by atoms with Gasteiger partial charge in [-0.25, -0.2) is 4.79 Å². The lowest BCUT2D eigenvalue weighted by Crippen LogP contribution is -2.31. The van der Waals surface area contributed by atoms with Crippen LogP contribution in [-0.2, 0) is 4.74 Å². The lowest BCUT2D eigenvalue weighted by molar-refractivity contribution is 0.136. The molecule has 0 unspecified atom stereocenters. The third-order valence-corrected chi connectivity index (χ3v) is 6.47. The first-order valence-electron chi connectivity index (χ1n) is 11.6. The number of nitrogens with one attached hydrogen (secondary N) is 1. The summed E-state index contributed by atoms with van der Waals surface area (Å²) in [6, 6.07) is 34.4. The summed E-state index contributed by atoms with van der Waals surface area (Å²) in [5.74, 6) is 0.0135. The maximum Gasteiger partial charge on any atom is 0.407 e. The molecular formula is C30H27NO3. The average molecular weight is 450 g/mol. The molecule has 4 aromatic carbocycles. The Morgan fingerprint density at radius 2 is 1.32 bits per heavy atom. The molecule has 5 rings (SSSR count). The van der Waals surface area contributed by atoms with Crippen molar-refractivity contribution < 1.29 is 14.6 Å². The maximum atomic E-state index is 12.8. The highest BCUT2D eigenvalue weighted by Gasteiger charge is 2.29. The predicted octanol–water partition coefficient (Wildman–Crippen LogP) is 6.32. The van der Waals surface area contributed by atoms with E-state index in [1.54, 1.807) is 0 Å². The second-order valence-corrected chi connectivity index (χ2v) is 8.52. The number of benzene rings is 4. The number of amides is 1. The summed E-state index contributed by atoms with van der Waals surface area (Å²) in [4.78, 5) is 12.8. The number of aliphatic hydroxyl groups excluding tert-OH is 1. The first-order valence-corrected chi connectivity index (χ1v) is 11.6. The first-order chi connectivity index (χ1) is 16.7. The van der Waals surface area contributed by atoms with Gasteiger partial charge in [0, 0.05) is 12.5 Å². The average Bonchev–Trinajstić information content (AvgIpc) is 3.21. The highest BCUT2D eigenvalue weighted by Crippen LogP contribution is 2.44. The minimum atomic E-state index is -0.479. The molecule has 1 aliphatic carbocycles. The minimum Gasteiger partial charge on any atom is -0.449 e. The van der Waals surface area contributed by atoms with Crippen LogP contribution in [0.4, 0.5) is 4.79 Å². The quantitative estimate of drug-likeness (QED) is 0.347. The fourth-order valence-corrected chi connectivity index (χ4v) is 4.77. The van der Waals surface area contributed by atoms with Gasteiger partial charge in [0.05, 0.1) is 6.04 Å². The molecule has 0 bridgehead atoms. The van der Waals surface area contributed by atoms with Crippen LogP contribution in [0, 0.1) is 0 Å². The topological polar surface area (TPSA) is 58.6 Å². The molecule has 1 amide bonds. The standard InChI is InChI=1S/C30H27NO3/c32-19-18-29(23-16-14-22(15-17-23)21-8-2-1-3-9-21)31-30(33)34-20-28-26-12-6-4-10-24(26)25-11-5-7-13-27(25)28/h1-17,28-29,32H,18-20H2,(H,31,33)/t29-/m0/s1. The molecule has 1 aliphatic rings. The fourth-order valence-electron chi connectivity index (χ4n) is 4.77. The van der Waals surface area contributed by atoms with Crippen molar-refractivity contribution in [3.8, 4) is 22.3 Å². The number of carbonyl (C=O) groups is 1. The van der Waals surface area contributed by atoms with E-state index in [-0.39, 0.29) is 25.2 Å². The SMILES string of the molecule is O=C(N[C@@H](CCO)c1ccc(-c2ccccc2)cc1)OCC1c2ccccc2-c2ccccc21. The van der Waals surface area contributed by atoms with Gasteiger partial charge in [-0.05, 0) is 45.4 Å². The summed E-state index contributed by atoms with van der Waals surface area (Å²) in [7, 11) is 0. The van der Waals surface area contributed by atoms with Crippen LogP contribution in [0.5, 0.6) is 0 Å². The first kappa shape index (κ1) is 21.9. The van der Waals surface area contributed by atoms with E-state index in [1.165, 1.54) is 22.3 Å². The number of rotatable bonds is 7. The summed E-state index contributed by atoms with van der Waals surface area (Å²) in [6.45, 7) is 0.230. The third-order valence-electron chi connectivity index (χ3n) is 6.47. The molecule has 0 aliphatic heterocycles. The Morgan fingerprint density at radius 1 is 0.765 bits per heavy atom. The molecule has 2 N–H and O–H groups in total. The van der Waals surface area contributed by atoms with E-state index in [4.69, 9.17) is 4.74 Å². The van der Waals surface area contributed by atoms with Gasteiger partial charge in [0.25, 0.3) is 0 Å². The van der Waals surface area contributed by atoms with Crippen LogP contribution in [0.1, 0.15) is 35.1 Å². The van der Waals surface area contributed by atoms with Crippen molar-refractivity contribution in [2.75, 3.05) is 13.2 Å². The fraction of sp³-hybridized carbons (Fsp3) is 0.167. The highest BCUT2D eigenvalue weighted by molar-refractivity contribution is 5.79. The zero-order valence-corrected chi connectivity index (χ0v) is 18.9. The summed E-state index contributed by atoms with van der Waals surface area (Å²) in [5.41, 5.74) is 7.93. The van der Waals surface area contributed by atoms with E-state index in [9.17, 15) is 9.90 Å². The van der Waals surface area contributed by atoms with Gasteiger partial charge < -0.3 is 15.2 Å². The van der Waals surface area contributed by atoms with Crippen molar-refractivity contribution in [3.05, 3.63) is 120 Å². The predicted molar refractivity (Wildman–Crippen MR) is 135 cm³/mol. The van der Waals surface area contributed by atoms with E-state index in [0.717, 1.165) is 16.7 Å². The molecule has 0 spiro atoms. The van der Waals surface area contributed by atoms with Crippen LogP contribution in [0.25, 0.3) is 22.3 Å². The lowest BCUT2D eigenvalue weighted by Gasteiger charge is -2.20. The minimum absolute atomic E-state index is 0.0135. The van der Waals surface area contributed by atoms with E-state index in [0.29, 0.717) is 6.42 Å². The molecule has 4 aromatic rings. The van der Waals surface area contributed by atoms with Crippen LogP contribution >= 0.6 is 0 Å². The Kier molecular flexibility index (Phi) is 6.41. The molecule has 0 aromatic heterocycles. The number of hydrogen-bond acceptors (Lipinski definition) is 3.